The first kappa shape index (κ1) is 14.4. The third-order valence-corrected chi connectivity index (χ3v) is 3.89. The van der Waals surface area contributed by atoms with Gasteiger partial charge in [-0.05, 0) is 30.5 Å². The van der Waals surface area contributed by atoms with Gasteiger partial charge in [0, 0.05) is 24.7 Å². The zero-order valence-corrected chi connectivity index (χ0v) is 12.3. The van der Waals surface area contributed by atoms with E-state index in [0.717, 1.165) is 16.8 Å². The second-order valence-electron chi connectivity index (χ2n) is 5.53. The first-order valence-corrected chi connectivity index (χ1v) is 7.16. The van der Waals surface area contributed by atoms with Gasteiger partial charge in [-0.15, -0.1) is 0 Å². The topological polar surface area (TPSA) is 72.1 Å². The lowest BCUT2D eigenvalue weighted by Crippen LogP contribution is -2.25. The molecule has 0 unspecified atom stereocenters. The van der Waals surface area contributed by atoms with E-state index >= 15 is 0 Å². The minimum Gasteiger partial charge on any atom is -0.368 e. The van der Waals surface area contributed by atoms with E-state index in [1.54, 1.807) is 24.1 Å². The van der Waals surface area contributed by atoms with E-state index in [9.17, 15) is 9.18 Å². The van der Waals surface area contributed by atoms with Crippen LogP contribution in [0, 0.1) is 12.7 Å². The predicted molar refractivity (Wildman–Crippen MR) is 80.2 cm³/mol. The van der Waals surface area contributed by atoms with Crippen molar-refractivity contribution in [2.45, 2.75) is 32.9 Å². The van der Waals surface area contributed by atoms with Crippen LogP contribution in [0.4, 0.5) is 10.3 Å². The minimum absolute atomic E-state index is 0.0255. The maximum Gasteiger partial charge on any atom is 0.223 e. The molecule has 0 saturated heterocycles. The SMILES string of the molecule is Cc1ccc(CCC(=O)N2Cc3cnc(N)nc3C2)cc1F. The van der Waals surface area contributed by atoms with Gasteiger partial charge in [0.15, 0.2) is 0 Å². The molecule has 1 aromatic heterocycles. The number of anilines is 1. The molecule has 0 radical (unpaired) electrons. The van der Waals surface area contributed by atoms with Gasteiger partial charge in [0.1, 0.15) is 5.82 Å². The monoisotopic (exact) mass is 300 g/mol. The lowest BCUT2D eigenvalue weighted by Gasteiger charge is -2.15. The van der Waals surface area contributed by atoms with E-state index in [0.29, 0.717) is 31.5 Å². The lowest BCUT2D eigenvalue weighted by atomic mass is 10.1. The molecular formula is C16H17FN4O. The van der Waals surface area contributed by atoms with Crippen molar-refractivity contribution >= 4 is 11.9 Å². The summed E-state index contributed by atoms with van der Waals surface area (Å²) in [5.74, 6) is 0.0185. The summed E-state index contributed by atoms with van der Waals surface area (Å²) in [5.41, 5.74) is 8.74. The summed E-state index contributed by atoms with van der Waals surface area (Å²) < 4.78 is 13.5. The Balaban J connectivity index is 1.60. The third-order valence-electron chi connectivity index (χ3n) is 3.89. The number of halogens is 1. The first-order valence-electron chi connectivity index (χ1n) is 7.16. The number of carbonyl (C=O) groups is 1. The summed E-state index contributed by atoms with van der Waals surface area (Å²) in [5, 5.41) is 0. The Morgan fingerprint density at radius 1 is 1.41 bits per heavy atom. The van der Waals surface area contributed by atoms with Crippen LogP contribution >= 0.6 is 0 Å². The van der Waals surface area contributed by atoms with Crippen molar-refractivity contribution in [2.24, 2.45) is 0 Å². The summed E-state index contributed by atoms with van der Waals surface area (Å²) in [6, 6.07) is 5.09. The molecule has 0 atom stereocenters. The normalized spacial score (nSPS) is 13.3. The van der Waals surface area contributed by atoms with Gasteiger partial charge >= 0.3 is 0 Å². The fraction of sp³-hybridized carbons (Fsp3) is 0.312. The highest BCUT2D eigenvalue weighted by atomic mass is 19.1. The molecule has 0 spiro atoms. The number of nitrogens with zero attached hydrogens (tertiary/aromatic N) is 3. The van der Waals surface area contributed by atoms with E-state index in [-0.39, 0.29) is 17.7 Å². The van der Waals surface area contributed by atoms with Gasteiger partial charge < -0.3 is 10.6 Å². The molecule has 1 aliphatic rings. The zero-order chi connectivity index (χ0) is 15.7. The number of amides is 1. The van der Waals surface area contributed by atoms with Crippen molar-refractivity contribution in [3.8, 4) is 0 Å². The molecular weight excluding hydrogens is 283 g/mol. The zero-order valence-electron chi connectivity index (χ0n) is 12.3. The molecule has 0 saturated carbocycles. The Kier molecular flexibility index (Phi) is 3.75. The minimum atomic E-state index is -0.232. The predicted octanol–water partition coefficient (Wildman–Crippen LogP) is 1.98. The Morgan fingerprint density at radius 3 is 3.00 bits per heavy atom. The van der Waals surface area contributed by atoms with Crippen LogP contribution in [0.25, 0.3) is 0 Å². The van der Waals surface area contributed by atoms with Crippen LogP contribution in [-0.4, -0.2) is 20.8 Å². The van der Waals surface area contributed by atoms with Gasteiger partial charge in [-0.3, -0.25) is 4.79 Å². The highest BCUT2D eigenvalue weighted by Gasteiger charge is 2.24. The van der Waals surface area contributed by atoms with Gasteiger partial charge in [0.25, 0.3) is 0 Å². The number of benzene rings is 1. The summed E-state index contributed by atoms with van der Waals surface area (Å²) >= 11 is 0. The van der Waals surface area contributed by atoms with Crippen molar-refractivity contribution in [2.75, 3.05) is 5.73 Å². The van der Waals surface area contributed by atoms with Crippen LogP contribution in [0.2, 0.25) is 0 Å². The molecule has 0 aliphatic carbocycles. The molecule has 1 aliphatic heterocycles. The van der Waals surface area contributed by atoms with Crippen molar-refractivity contribution in [3.05, 3.63) is 52.6 Å². The van der Waals surface area contributed by atoms with Crippen LogP contribution in [0.1, 0.15) is 28.8 Å². The molecule has 22 heavy (non-hydrogen) atoms. The molecule has 1 amide bonds. The maximum absolute atomic E-state index is 13.5. The van der Waals surface area contributed by atoms with Crippen molar-refractivity contribution in [1.82, 2.24) is 14.9 Å². The molecule has 0 bridgehead atoms. The molecule has 6 heteroatoms. The quantitative estimate of drug-likeness (QED) is 0.941. The number of hydrogen-bond donors (Lipinski definition) is 1. The Hall–Kier alpha value is -2.50. The molecule has 114 valence electrons. The first-order chi connectivity index (χ1) is 10.5. The number of nitrogens with two attached hydrogens (primary N) is 1. The average molecular weight is 300 g/mol. The Bertz CT molecular complexity index is 732. The Labute approximate surface area is 128 Å². The van der Waals surface area contributed by atoms with Crippen LogP contribution in [0.5, 0.6) is 0 Å². The highest BCUT2D eigenvalue weighted by molar-refractivity contribution is 5.77. The summed E-state index contributed by atoms with van der Waals surface area (Å²) in [6.07, 6.45) is 2.54. The van der Waals surface area contributed by atoms with Gasteiger partial charge in [-0.25, -0.2) is 14.4 Å². The van der Waals surface area contributed by atoms with Gasteiger partial charge in [-0.1, -0.05) is 12.1 Å². The van der Waals surface area contributed by atoms with Gasteiger partial charge in [-0.2, -0.15) is 0 Å². The third kappa shape index (κ3) is 2.90. The number of carbonyl (C=O) groups excluding carboxylic acids is 1. The summed E-state index contributed by atoms with van der Waals surface area (Å²) in [6.45, 7) is 2.69. The van der Waals surface area contributed by atoms with E-state index in [4.69, 9.17) is 5.73 Å². The van der Waals surface area contributed by atoms with Crippen LogP contribution < -0.4 is 5.73 Å². The molecule has 1 aromatic carbocycles. The second kappa shape index (κ2) is 5.71. The second-order valence-corrected chi connectivity index (χ2v) is 5.53. The van der Waals surface area contributed by atoms with Crippen LogP contribution in [0.3, 0.4) is 0 Å². The molecule has 5 nitrogen and oxygen atoms in total. The number of aryl methyl sites for hydroxylation is 2. The summed E-state index contributed by atoms with van der Waals surface area (Å²) in [7, 11) is 0. The van der Waals surface area contributed by atoms with Crippen molar-refractivity contribution in [1.29, 1.82) is 0 Å². The van der Waals surface area contributed by atoms with E-state index in [1.165, 1.54) is 6.07 Å². The van der Waals surface area contributed by atoms with Crippen LogP contribution in [-0.2, 0) is 24.3 Å². The molecule has 0 fully saturated rings. The van der Waals surface area contributed by atoms with Crippen molar-refractivity contribution in [3.63, 3.8) is 0 Å². The smallest absolute Gasteiger partial charge is 0.223 e. The van der Waals surface area contributed by atoms with E-state index in [2.05, 4.69) is 9.97 Å². The number of aromatic nitrogens is 2. The fourth-order valence-electron chi connectivity index (χ4n) is 2.55. The standard InChI is InChI=1S/C16H17FN4O/c1-10-2-3-11(6-13(10)17)4-5-15(22)21-8-12-7-19-16(18)20-14(12)9-21/h2-3,6-7H,4-5,8-9H2,1H3,(H2,18,19,20). The highest BCUT2D eigenvalue weighted by Crippen LogP contribution is 2.22. The maximum atomic E-state index is 13.5. The number of nitrogen functional groups attached to an aromatic ring is 1. The van der Waals surface area contributed by atoms with Crippen molar-refractivity contribution < 1.29 is 9.18 Å². The lowest BCUT2D eigenvalue weighted by molar-refractivity contribution is -0.131. The average Bonchev–Trinajstić information content (AvgIpc) is 2.91. The number of fused-ring (bicyclic) bond motifs is 1. The van der Waals surface area contributed by atoms with Gasteiger partial charge in [0.2, 0.25) is 11.9 Å². The largest absolute Gasteiger partial charge is 0.368 e. The fourth-order valence-corrected chi connectivity index (χ4v) is 2.55. The van der Waals surface area contributed by atoms with E-state index < -0.39 is 0 Å². The Morgan fingerprint density at radius 2 is 2.23 bits per heavy atom. The van der Waals surface area contributed by atoms with Gasteiger partial charge in [0.05, 0.1) is 12.2 Å². The molecule has 2 N–H and O–H groups in total. The molecule has 2 heterocycles. The summed E-state index contributed by atoms with van der Waals surface area (Å²) in [4.78, 5) is 22.1. The number of hydrogen-bond acceptors (Lipinski definition) is 4. The molecule has 3 rings (SSSR count). The van der Waals surface area contributed by atoms with Crippen LogP contribution in [0.15, 0.2) is 24.4 Å². The van der Waals surface area contributed by atoms with E-state index in [1.807, 2.05) is 6.07 Å². The number of rotatable bonds is 3. The molecule has 2 aromatic rings.